The van der Waals surface area contributed by atoms with E-state index < -0.39 is 77.6 Å². The Balaban J connectivity index is 1.51. The number of alkyl halides is 2. The maximum atomic E-state index is 15.8. The van der Waals surface area contributed by atoms with E-state index in [1.165, 1.54) is 21.9 Å². The number of ketones is 1. The molecular weight excluding hydrogens is 561 g/mol. The minimum Gasteiger partial charge on any atom is -0.444 e. The molecule has 5 rings (SSSR count). The van der Waals surface area contributed by atoms with Gasteiger partial charge in [0.05, 0.1) is 24.0 Å². The number of Topliss-reactive ketones (excluding diaryl/α,β-unsaturated/α-hetero) is 1. The average Bonchev–Trinajstić information content (AvgIpc) is 3.22. The van der Waals surface area contributed by atoms with E-state index in [4.69, 9.17) is 4.74 Å². The van der Waals surface area contributed by atoms with Crippen LogP contribution < -0.4 is 0 Å². The SMILES string of the molecule is C[C@@H]1Cc2c([nH]c3c(F)cccc23)[C@@H](c2c(F)cc(C(=O)C3CN(C(=O)OC(C)(C)C)C3)cc2F)N1CC(F)(F)CO. The first-order chi connectivity index (χ1) is 19.6. The molecule has 2 aromatic carbocycles. The number of nitrogens with one attached hydrogen (secondary N) is 1. The Morgan fingerprint density at radius 1 is 1.07 bits per heavy atom. The minimum absolute atomic E-state index is 0.0207. The standard InChI is InChI=1S/C30H32F5N3O4/c1-15-8-19-18-6-5-7-20(31)24(18)36-25(19)26(38(15)13-30(34,35)14-39)23-21(32)9-16(10-22(23)33)27(40)17-11-37(12-17)28(41)42-29(2,3)4/h5-7,9-10,15,17,26,36,39H,8,11-14H2,1-4H3/t15-,26-/m1/s1. The van der Waals surface area contributed by atoms with Crippen LogP contribution in [0, 0.1) is 23.4 Å². The molecule has 0 saturated carbocycles. The zero-order valence-electron chi connectivity index (χ0n) is 23.6. The number of para-hydroxylation sites is 1. The third-order valence-corrected chi connectivity index (χ3v) is 7.78. The van der Waals surface area contributed by atoms with Crippen LogP contribution >= 0.6 is 0 Å². The van der Waals surface area contributed by atoms with Gasteiger partial charge in [0.25, 0.3) is 5.92 Å². The number of fused-ring (bicyclic) bond motifs is 3. The number of H-pyrrole nitrogens is 1. The second-order valence-corrected chi connectivity index (χ2v) is 12.1. The summed E-state index contributed by atoms with van der Waals surface area (Å²) in [7, 11) is 0. The lowest BCUT2D eigenvalue weighted by Gasteiger charge is -2.42. The summed E-state index contributed by atoms with van der Waals surface area (Å²) in [5.41, 5.74) is -0.781. The summed E-state index contributed by atoms with van der Waals surface area (Å²) in [4.78, 5) is 30.6. The summed E-state index contributed by atoms with van der Waals surface area (Å²) in [5, 5.41) is 9.73. The minimum atomic E-state index is -3.59. The molecule has 7 nitrogen and oxygen atoms in total. The number of amides is 1. The number of aromatic amines is 1. The predicted octanol–water partition coefficient (Wildman–Crippen LogP) is 5.60. The van der Waals surface area contributed by atoms with E-state index in [1.54, 1.807) is 33.8 Å². The second-order valence-electron chi connectivity index (χ2n) is 12.1. The summed E-state index contributed by atoms with van der Waals surface area (Å²) in [6.45, 7) is 4.27. The highest BCUT2D eigenvalue weighted by Crippen LogP contribution is 2.44. The Kier molecular flexibility index (Phi) is 7.59. The molecule has 2 aliphatic rings. The molecule has 2 atom stereocenters. The van der Waals surface area contributed by atoms with Crippen LogP contribution in [-0.4, -0.2) is 75.6 Å². The van der Waals surface area contributed by atoms with E-state index in [9.17, 15) is 27.9 Å². The van der Waals surface area contributed by atoms with Gasteiger partial charge in [-0.3, -0.25) is 9.69 Å². The number of likely N-dealkylation sites (tertiary alicyclic amines) is 1. The van der Waals surface area contributed by atoms with Gasteiger partial charge < -0.3 is 19.7 Å². The summed E-state index contributed by atoms with van der Waals surface area (Å²) >= 11 is 0. The Bertz CT molecular complexity index is 1520. The second kappa shape index (κ2) is 10.6. The molecule has 3 aromatic rings. The average molecular weight is 594 g/mol. The first-order valence-corrected chi connectivity index (χ1v) is 13.6. The van der Waals surface area contributed by atoms with E-state index in [2.05, 4.69) is 4.98 Å². The predicted molar refractivity (Wildman–Crippen MR) is 144 cm³/mol. The van der Waals surface area contributed by atoms with Gasteiger partial charge in [-0.25, -0.2) is 26.7 Å². The number of aromatic nitrogens is 1. The van der Waals surface area contributed by atoms with Crippen molar-refractivity contribution in [2.45, 2.75) is 57.7 Å². The number of rotatable bonds is 6. The number of carbonyl (C=O) groups excluding carboxylic acids is 2. The van der Waals surface area contributed by atoms with Crippen LogP contribution in [0.15, 0.2) is 30.3 Å². The maximum Gasteiger partial charge on any atom is 0.410 e. The van der Waals surface area contributed by atoms with Gasteiger partial charge in [0, 0.05) is 41.3 Å². The van der Waals surface area contributed by atoms with Crippen molar-refractivity contribution in [3.05, 3.63) is 70.2 Å². The van der Waals surface area contributed by atoms with Gasteiger partial charge in [-0.05, 0) is 57.9 Å². The third kappa shape index (κ3) is 5.49. The molecule has 42 heavy (non-hydrogen) atoms. The molecule has 2 aliphatic heterocycles. The highest BCUT2D eigenvalue weighted by atomic mass is 19.3. The molecule has 1 saturated heterocycles. The molecule has 0 unspecified atom stereocenters. The highest BCUT2D eigenvalue weighted by Gasteiger charge is 2.44. The number of hydrogen-bond donors (Lipinski definition) is 2. The van der Waals surface area contributed by atoms with Gasteiger partial charge in [0.1, 0.15) is 29.7 Å². The largest absolute Gasteiger partial charge is 0.444 e. The molecule has 3 heterocycles. The Hall–Kier alpha value is -3.51. The lowest BCUT2D eigenvalue weighted by molar-refractivity contribution is -0.0869. The van der Waals surface area contributed by atoms with Crippen molar-refractivity contribution in [3.8, 4) is 0 Å². The quantitative estimate of drug-likeness (QED) is 0.287. The molecule has 1 amide bonds. The van der Waals surface area contributed by atoms with Crippen molar-refractivity contribution in [1.82, 2.24) is 14.8 Å². The molecule has 2 N–H and O–H groups in total. The van der Waals surface area contributed by atoms with Crippen LogP contribution in [-0.2, 0) is 11.2 Å². The summed E-state index contributed by atoms with van der Waals surface area (Å²) in [5.74, 6) is -7.74. The number of hydrogen-bond acceptors (Lipinski definition) is 5. The zero-order valence-corrected chi connectivity index (χ0v) is 23.6. The van der Waals surface area contributed by atoms with Crippen molar-refractivity contribution in [2.24, 2.45) is 5.92 Å². The van der Waals surface area contributed by atoms with Gasteiger partial charge in [-0.1, -0.05) is 12.1 Å². The topological polar surface area (TPSA) is 85.9 Å². The molecule has 0 spiro atoms. The van der Waals surface area contributed by atoms with Gasteiger partial charge in [-0.2, -0.15) is 0 Å². The summed E-state index contributed by atoms with van der Waals surface area (Å²) < 4.78 is 80.6. The fourth-order valence-corrected chi connectivity index (χ4v) is 5.76. The highest BCUT2D eigenvalue weighted by molar-refractivity contribution is 5.99. The van der Waals surface area contributed by atoms with Crippen molar-refractivity contribution in [2.75, 3.05) is 26.2 Å². The Morgan fingerprint density at radius 3 is 2.31 bits per heavy atom. The van der Waals surface area contributed by atoms with E-state index in [0.717, 1.165) is 12.1 Å². The van der Waals surface area contributed by atoms with Crippen LogP contribution in [0.5, 0.6) is 0 Å². The van der Waals surface area contributed by atoms with E-state index in [-0.39, 0.29) is 36.3 Å². The lowest BCUT2D eigenvalue weighted by atomic mass is 9.86. The molecule has 1 fully saturated rings. The van der Waals surface area contributed by atoms with Crippen molar-refractivity contribution in [1.29, 1.82) is 0 Å². The maximum absolute atomic E-state index is 15.8. The number of benzene rings is 2. The number of nitrogens with zero attached hydrogens (tertiary/aromatic N) is 2. The van der Waals surface area contributed by atoms with Gasteiger partial charge in [-0.15, -0.1) is 0 Å². The third-order valence-electron chi connectivity index (χ3n) is 7.78. The van der Waals surface area contributed by atoms with Crippen molar-refractivity contribution < 1.29 is 41.4 Å². The molecule has 12 heteroatoms. The van der Waals surface area contributed by atoms with Crippen LogP contribution in [0.2, 0.25) is 0 Å². The van der Waals surface area contributed by atoms with E-state index in [1.807, 2.05) is 0 Å². The van der Waals surface area contributed by atoms with Crippen LogP contribution in [0.25, 0.3) is 10.9 Å². The van der Waals surface area contributed by atoms with Crippen LogP contribution in [0.3, 0.4) is 0 Å². The number of aliphatic hydroxyl groups excluding tert-OH is 1. The van der Waals surface area contributed by atoms with Crippen LogP contribution in [0.4, 0.5) is 26.7 Å². The number of aliphatic hydroxyl groups is 1. The normalized spacial score (nSPS) is 20.0. The van der Waals surface area contributed by atoms with Crippen molar-refractivity contribution >= 4 is 22.8 Å². The number of ether oxygens (including phenoxy) is 1. The van der Waals surface area contributed by atoms with E-state index in [0.29, 0.717) is 10.9 Å². The summed E-state index contributed by atoms with van der Waals surface area (Å²) in [6, 6.07) is 3.97. The monoisotopic (exact) mass is 593 g/mol. The van der Waals surface area contributed by atoms with Gasteiger partial charge >= 0.3 is 6.09 Å². The van der Waals surface area contributed by atoms with Gasteiger partial charge in [0.15, 0.2) is 5.78 Å². The zero-order chi connectivity index (χ0) is 30.7. The van der Waals surface area contributed by atoms with Crippen molar-refractivity contribution in [3.63, 3.8) is 0 Å². The smallest absolute Gasteiger partial charge is 0.410 e. The Morgan fingerprint density at radius 2 is 1.71 bits per heavy atom. The van der Waals surface area contributed by atoms with Gasteiger partial charge in [0.2, 0.25) is 0 Å². The summed E-state index contributed by atoms with van der Waals surface area (Å²) in [6.07, 6.45) is -0.414. The molecule has 0 bridgehead atoms. The van der Waals surface area contributed by atoms with E-state index >= 15 is 8.78 Å². The fourth-order valence-electron chi connectivity index (χ4n) is 5.76. The number of halogens is 5. The number of carbonyl (C=O) groups is 2. The Labute approximate surface area is 239 Å². The molecule has 0 radical (unpaired) electrons. The molecule has 1 aromatic heterocycles. The van der Waals surface area contributed by atoms with Crippen LogP contribution in [0.1, 0.15) is 60.9 Å². The first kappa shape index (κ1) is 30.0. The molecule has 0 aliphatic carbocycles. The first-order valence-electron chi connectivity index (χ1n) is 13.6. The molecular formula is C30H32F5N3O4. The lowest BCUT2D eigenvalue weighted by Crippen LogP contribution is -2.54. The fraction of sp³-hybridized carbons (Fsp3) is 0.467. The molecule has 226 valence electrons.